The van der Waals surface area contributed by atoms with E-state index in [2.05, 4.69) is 27.9 Å². The lowest BCUT2D eigenvalue weighted by atomic mass is 10.0. The van der Waals surface area contributed by atoms with Crippen LogP contribution in [0.5, 0.6) is 0 Å². The van der Waals surface area contributed by atoms with E-state index in [0.29, 0.717) is 13.1 Å². The van der Waals surface area contributed by atoms with Crippen LogP contribution in [0.3, 0.4) is 0 Å². The fourth-order valence-corrected chi connectivity index (χ4v) is 6.40. The highest BCUT2D eigenvalue weighted by Crippen LogP contribution is 2.29. The number of sulfone groups is 1. The van der Waals surface area contributed by atoms with Crippen molar-refractivity contribution in [1.29, 1.82) is 0 Å². The number of hydrogen-bond donors (Lipinski definition) is 2. The van der Waals surface area contributed by atoms with E-state index in [-0.39, 0.29) is 41.6 Å². The highest BCUT2D eigenvalue weighted by molar-refractivity contribution is 7.91. The van der Waals surface area contributed by atoms with Gasteiger partial charge in [-0.25, -0.2) is 13.8 Å². The van der Waals surface area contributed by atoms with Gasteiger partial charge in [0.15, 0.2) is 9.84 Å². The van der Waals surface area contributed by atoms with Gasteiger partial charge in [-0.2, -0.15) is 0 Å². The quantitative estimate of drug-likeness (QED) is 0.755. The largest absolute Gasteiger partial charge is 0.334 e. The zero-order chi connectivity index (χ0) is 18.3. The lowest BCUT2D eigenvalue weighted by Gasteiger charge is -2.44. The van der Waals surface area contributed by atoms with Crippen LogP contribution in [0.4, 0.5) is 0 Å². The minimum Gasteiger partial charge on any atom is -0.334 e. The highest BCUT2D eigenvalue weighted by atomic mass is 32.2. The van der Waals surface area contributed by atoms with Gasteiger partial charge < -0.3 is 4.90 Å². The van der Waals surface area contributed by atoms with E-state index in [1.165, 1.54) is 5.56 Å². The first-order chi connectivity index (χ1) is 12.4. The third kappa shape index (κ3) is 3.51. The molecule has 0 radical (unpaired) electrons. The van der Waals surface area contributed by atoms with Gasteiger partial charge in [-0.15, -0.1) is 0 Å². The molecule has 4 atom stereocenters. The normalized spacial score (nSPS) is 34.0. The number of nitrogens with one attached hydrogen (secondary N) is 2. The van der Waals surface area contributed by atoms with E-state index in [1.807, 2.05) is 30.0 Å². The molecule has 0 aromatic heterocycles. The van der Waals surface area contributed by atoms with Crippen molar-refractivity contribution < 1.29 is 13.2 Å². The minimum atomic E-state index is -3.13. The zero-order valence-electron chi connectivity index (χ0n) is 15.0. The smallest absolute Gasteiger partial charge is 0.241 e. The second-order valence-corrected chi connectivity index (χ2v) is 9.83. The van der Waals surface area contributed by atoms with Crippen molar-refractivity contribution in [1.82, 2.24) is 20.7 Å². The first-order valence-corrected chi connectivity index (χ1v) is 11.0. The number of nitrogens with zero attached hydrogens (tertiary/aromatic N) is 2. The summed E-state index contributed by atoms with van der Waals surface area (Å²) in [4.78, 5) is 17.0. The van der Waals surface area contributed by atoms with Crippen molar-refractivity contribution >= 4 is 15.7 Å². The van der Waals surface area contributed by atoms with Gasteiger partial charge in [0.2, 0.25) is 5.91 Å². The summed E-state index contributed by atoms with van der Waals surface area (Å²) in [5, 5.41) is 0. The van der Waals surface area contributed by atoms with Crippen molar-refractivity contribution in [2.45, 2.75) is 44.1 Å². The second kappa shape index (κ2) is 6.92. The topological polar surface area (TPSA) is 81.8 Å². The fourth-order valence-electron chi connectivity index (χ4n) is 4.39. The van der Waals surface area contributed by atoms with E-state index in [4.69, 9.17) is 0 Å². The molecule has 26 heavy (non-hydrogen) atoms. The Kier molecular flexibility index (Phi) is 4.77. The van der Waals surface area contributed by atoms with Gasteiger partial charge >= 0.3 is 0 Å². The standard InChI is InChI=1S/C18H26N4O3S/c1-13-9-15(20-19-13)18(23)22-8-7-21(10-14-5-3-2-4-6-14)16-11-26(24,25)12-17(16)22/h2-6,13,15-17,19-20H,7-12H2,1H3/t13?,15?,16-,17+/m1/s1. The van der Waals surface area contributed by atoms with Gasteiger partial charge in [-0.3, -0.25) is 15.1 Å². The number of amides is 1. The molecule has 0 bridgehead atoms. The van der Waals surface area contributed by atoms with Crippen molar-refractivity contribution in [3.63, 3.8) is 0 Å². The number of hydrazine groups is 1. The van der Waals surface area contributed by atoms with Crippen molar-refractivity contribution in [3.05, 3.63) is 35.9 Å². The molecule has 3 aliphatic rings. The number of benzene rings is 1. The summed E-state index contributed by atoms with van der Waals surface area (Å²) in [7, 11) is -3.13. The van der Waals surface area contributed by atoms with Crippen molar-refractivity contribution in [2.24, 2.45) is 0 Å². The predicted octanol–water partition coefficient (Wildman–Crippen LogP) is -0.249. The Balaban J connectivity index is 1.53. The van der Waals surface area contributed by atoms with Gasteiger partial charge in [0.05, 0.1) is 17.5 Å². The molecule has 1 amide bonds. The van der Waals surface area contributed by atoms with Gasteiger partial charge in [-0.05, 0) is 18.9 Å². The van der Waals surface area contributed by atoms with Gasteiger partial charge in [0.1, 0.15) is 6.04 Å². The Labute approximate surface area is 154 Å². The molecule has 1 aromatic carbocycles. The number of carbonyl (C=O) groups excluding carboxylic acids is 1. The molecule has 3 aliphatic heterocycles. The molecular formula is C18H26N4O3S. The van der Waals surface area contributed by atoms with Crippen molar-refractivity contribution in [3.8, 4) is 0 Å². The summed E-state index contributed by atoms with van der Waals surface area (Å²) in [6, 6.07) is 9.70. The molecule has 3 heterocycles. The first-order valence-electron chi connectivity index (χ1n) is 9.23. The monoisotopic (exact) mass is 378 g/mol. The number of carbonyl (C=O) groups is 1. The van der Waals surface area contributed by atoms with Crippen LogP contribution < -0.4 is 10.9 Å². The molecule has 0 spiro atoms. The summed E-state index contributed by atoms with van der Waals surface area (Å²) in [5.74, 6) is 0.235. The molecule has 7 nitrogen and oxygen atoms in total. The molecule has 3 fully saturated rings. The van der Waals surface area contributed by atoms with E-state index in [9.17, 15) is 13.2 Å². The number of rotatable bonds is 3. The first kappa shape index (κ1) is 17.9. The maximum atomic E-state index is 13.0. The Hall–Kier alpha value is -1.48. The molecule has 0 saturated carbocycles. The van der Waals surface area contributed by atoms with Gasteiger partial charge in [-0.1, -0.05) is 30.3 Å². The van der Waals surface area contributed by atoms with Crippen molar-refractivity contribution in [2.75, 3.05) is 24.6 Å². The molecule has 142 valence electrons. The van der Waals surface area contributed by atoms with Crippen LogP contribution in [0, 0.1) is 0 Å². The molecule has 4 rings (SSSR count). The van der Waals surface area contributed by atoms with E-state index in [0.717, 1.165) is 13.0 Å². The van der Waals surface area contributed by atoms with Crippen LogP contribution in [-0.4, -0.2) is 72.9 Å². The third-order valence-corrected chi connectivity index (χ3v) is 7.39. The summed E-state index contributed by atoms with van der Waals surface area (Å²) in [5.41, 5.74) is 7.30. The number of hydrogen-bond acceptors (Lipinski definition) is 6. The van der Waals surface area contributed by atoms with Crippen LogP contribution in [0.25, 0.3) is 0 Å². The molecule has 0 aliphatic carbocycles. The highest BCUT2D eigenvalue weighted by Gasteiger charge is 2.49. The summed E-state index contributed by atoms with van der Waals surface area (Å²) in [6.07, 6.45) is 0.729. The number of piperazine rings is 1. The fraction of sp³-hybridized carbons (Fsp3) is 0.611. The van der Waals surface area contributed by atoms with Crippen LogP contribution in [0.1, 0.15) is 18.9 Å². The summed E-state index contributed by atoms with van der Waals surface area (Å²) < 4.78 is 24.7. The molecule has 3 saturated heterocycles. The molecule has 1 aromatic rings. The Morgan fingerprint density at radius 1 is 1.12 bits per heavy atom. The molecule has 2 unspecified atom stereocenters. The predicted molar refractivity (Wildman–Crippen MR) is 98.9 cm³/mol. The van der Waals surface area contributed by atoms with Gasteiger partial charge in [0, 0.05) is 31.7 Å². The van der Waals surface area contributed by atoms with Crippen LogP contribution >= 0.6 is 0 Å². The van der Waals surface area contributed by atoms with E-state index >= 15 is 0 Å². The Bertz CT molecular complexity index is 770. The maximum Gasteiger partial charge on any atom is 0.241 e. The Morgan fingerprint density at radius 3 is 2.54 bits per heavy atom. The van der Waals surface area contributed by atoms with E-state index in [1.54, 1.807) is 0 Å². The van der Waals surface area contributed by atoms with Crippen LogP contribution in [-0.2, 0) is 21.2 Å². The lowest BCUT2D eigenvalue weighted by Crippen LogP contribution is -2.62. The average Bonchev–Trinajstić information content (AvgIpc) is 3.18. The second-order valence-electron chi connectivity index (χ2n) is 7.68. The molecule has 8 heteroatoms. The van der Waals surface area contributed by atoms with Crippen LogP contribution in [0.15, 0.2) is 30.3 Å². The average molecular weight is 378 g/mol. The number of fused-ring (bicyclic) bond motifs is 1. The maximum absolute atomic E-state index is 13.0. The van der Waals surface area contributed by atoms with Gasteiger partial charge in [0.25, 0.3) is 0 Å². The SMILES string of the molecule is CC1CC(C(=O)N2CCN(Cc3ccccc3)[C@@H]3CS(=O)(=O)C[C@@H]32)NN1. The molecule has 2 N–H and O–H groups in total. The van der Waals surface area contributed by atoms with Crippen LogP contribution in [0.2, 0.25) is 0 Å². The van der Waals surface area contributed by atoms with E-state index < -0.39 is 9.84 Å². The third-order valence-electron chi connectivity index (χ3n) is 5.69. The summed E-state index contributed by atoms with van der Waals surface area (Å²) >= 11 is 0. The Morgan fingerprint density at radius 2 is 1.85 bits per heavy atom. The summed E-state index contributed by atoms with van der Waals surface area (Å²) in [6.45, 7) is 4.03. The zero-order valence-corrected chi connectivity index (χ0v) is 15.8. The minimum absolute atomic E-state index is 0.0216. The lowest BCUT2D eigenvalue weighted by molar-refractivity contribution is -0.139. The molecular weight excluding hydrogens is 352 g/mol.